The van der Waals surface area contributed by atoms with Gasteiger partial charge in [0.1, 0.15) is 6.04 Å². The Hall–Kier alpha value is -3.90. The van der Waals surface area contributed by atoms with Gasteiger partial charge in [-0.3, -0.25) is 14.4 Å². The summed E-state index contributed by atoms with van der Waals surface area (Å²) in [7, 11) is -0.588. The van der Waals surface area contributed by atoms with E-state index in [9.17, 15) is 19.2 Å². The summed E-state index contributed by atoms with van der Waals surface area (Å²) in [5, 5.41) is 8.50. The van der Waals surface area contributed by atoms with Gasteiger partial charge in [0, 0.05) is 24.1 Å². The second kappa shape index (κ2) is 14.1. The second-order valence-electron chi connectivity index (χ2n) is 14.2. The van der Waals surface area contributed by atoms with Crippen LogP contribution in [0.5, 0.6) is 0 Å². The number of amides is 4. The summed E-state index contributed by atoms with van der Waals surface area (Å²) in [6.45, 7) is 13.1. The fourth-order valence-electron chi connectivity index (χ4n) is 7.51. The third-order valence-corrected chi connectivity index (χ3v) is 10.2. The Labute approximate surface area is 277 Å². The average molecular weight is 647 g/mol. The van der Waals surface area contributed by atoms with Gasteiger partial charge in [0.05, 0.1) is 17.6 Å². The first-order valence-corrected chi connectivity index (χ1v) is 16.6. The van der Waals surface area contributed by atoms with Crippen molar-refractivity contribution in [2.24, 2.45) is 23.2 Å². The SMILES string of the molecule is CCNC(=O)ONC(=O)c1ccc(C(=O)NC(Cc2ccccc2)C(=O)N[C@@H](CC(C)C)B2OC3C[C@H]4C[C@H](C4(C)C)[C@@]3(C)O2)cc1. The number of carbonyl (C=O) groups is 4. The molecule has 1 aliphatic heterocycles. The molecule has 0 spiro atoms. The molecule has 3 saturated carbocycles. The Morgan fingerprint density at radius 2 is 1.60 bits per heavy atom. The van der Waals surface area contributed by atoms with Crippen molar-refractivity contribution in [1.29, 1.82) is 0 Å². The minimum atomic E-state index is -0.890. The van der Waals surface area contributed by atoms with Gasteiger partial charge in [-0.25, -0.2) is 4.79 Å². The van der Waals surface area contributed by atoms with E-state index in [0.717, 1.165) is 18.4 Å². The van der Waals surface area contributed by atoms with Gasteiger partial charge < -0.3 is 30.1 Å². The molecule has 0 aromatic heterocycles. The van der Waals surface area contributed by atoms with Crippen LogP contribution in [-0.2, 0) is 25.4 Å². The van der Waals surface area contributed by atoms with Crippen LogP contribution in [0.1, 0.15) is 87.1 Å². The van der Waals surface area contributed by atoms with E-state index in [1.807, 2.05) is 30.3 Å². The molecule has 6 rings (SSSR count). The molecule has 4 aliphatic rings. The predicted molar refractivity (Wildman–Crippen MR) is 177 cm³/mol. The van der Waals surface area contributed by atoms with Crippen LogP contribution in [0.25, 0.3) is 0 Å². The second-order valence-corrected chi connectivity index (χ2v) is 14.2. The smallest absolute Gasteiger partial charge is 0.404 e. The van der Waals surface area contributed by atoms with Gasteiger partial charge >= 0.3 is 13.2 Å². The standard InChI is InChI=1S/C35H47BN4O7/c1-7-37-33(44)46-40-31(42)24-15-13-23(14-16-24)30(41)38-26(18-22-11-9-8-10-12-22)32(43)39-29(17-21(2)3)36-45-28-20-25-19-27(34(25,4)5)35(28,6)47-36/h8-16,21,25-29H,7,17-20H2,1-6H3,(H,37,44)(H,38,41)(H,39,43)(H,40,42)/t25-,26?,27-,28?,29+,35-/m1/s1. The van der Waals surface area contributed by atoms with Gasteiger partial charge in [0.2, 0.25) is 5.91 Å². The zero-order valence-electron chi connectivity index (χ0n) is 28.1. The number of hydroxylamine groups is 1. The van der Waals surface area contributed by atoms with Gasteiger partial charge in [-0.2, -0.15) is 5.48 Å². The quantitative estimate of drug-likeness (QED) is 0.212. The van der Waals surface area contributed by atoms with Gasteiger partial charge in [0.25, 0.3) is 11.8 Å². The molecule has 4 N–H and O–H groups in total. The molecule has 2 bridgehead atoms. The summed E-state index contributed by atoms with van der Waals surface area (Å²) in [5.41, 5.74) is 3.20. The fraction of sp³-hybridized carbons (Fsp3) is 0.543. The number of hydrogen-bond acceptors (Lipinski definition) is 7. The largest absolute Gasteiger partial charge is 0.481 e. The molecule has 6 atom stereocenters. The summed E-state index contributed by atoms with van der Waals surface area (Å²) in [4.78, 5) is 55.9. The normalized spacial score (nSPS) is 25.1. The predicted octanol–water partition coefficient (Wildman–Crippen LogP) is 4.22. The van der Waals surface area contributed by atoms with E-state index < -0.39 is 42.6 Å². The molecule has 47 heavy (non-hydrogen) atoms. The van der Waals surface area contributed by atoms with E-state index in [2.05, 4.69) is 60.9 Å². The summed E-state index contributed by atoms with van der Waals surface area (Å²) in [5.74, 6) is -0.580. The van der Waals surface area contributed by atoms with E-state index in [1.165, 1.54) is 24.3 Å². The summed E-state index contributed by atoms with van der Waals surface area (Å²) < 4.78 is 13.3. The van der Waals surface area contributed by atoms with E-state index in [1.54, 1.807) is 6.92 Å². The van der Waals surface area contributed by atoms with Crippen LogP contribution >= 0.6 is 0 Å². The van der Waals surface area contributed by atoms with Crippen LogP contribution in [0.2, 0.25) is 0 Å². The van der Waals surface area contributed by atoms with E-state index in [-0.39, 0.29) is 40.9 Å². The lowest BCUT2D eigenvalue weighted by atomic mass is 9.43. The molecule has 2 aromatic carbocycles. The van der Waals surface area contributed by atoms with Crippen LogP contribution in [0, 0.1) is 23.2 Å². The topological polar surface area (TPSA) is 144 Å². The van der Waals surface area contributed by atoms with E-state index in [0.29, 0.717) is 24.8 Å². The molecular formula is C35H47BN4O7. The highest BCUT2D eigenvalue weighted by molar-refractivity contribution is 6.48. The molecule has 3 aliphatic carbocycles. The Bertz CT molecular complexity index is 1450. The van der Waals surface area contributed by atoms with Crippen LogP contribution in [0.15, 0.2) is 54.6 Å². The monoisotopic (exact) mass is 646 g/mol. The number of carbonyl (C=O) groups excluding carboxylic acids is 4. The van der Waals surface area contributed by atoms with Crippen molar-refractivity contribution in [3.63, 3.8) is 0 Å². The Kier molecular flexibility index (Phi) is 10.3. The van der Waals surface area contributed by atoms with Crippen molar-refractivity contribution in [1.82, 2.24) is 21.4 Å². The Balaban J connectivity index is 1.28. The highest BCUT2D eigenvalue weighted by Gasteiger charge is 2.68. The van der Waals surface area contributed by atoms with Crippen molar-refractivity contribution in [3.8, 4) is 0 Å². The molecule has 12 heteroatoms. The minimum Gasteiger partial charge on any atom is -0.404 e. The number of benzene rings is 2. The lowest BCUT2D eigenvalue weighted by Crippen LogP contribution is -2.65. The minimum absolute atomic E-state index is 0.0132. The van der Waals surface area contributed by atoms with E-state index >= 15 is 0 Å². The first kappa shape index (κ1) is 34.4. The summed E-state index contributed by atoms with van der Waals surface area (Å²) in [6, 6.07) is 14.5. The molecule has 0 radical (unpaired) electrons. The van der Waals surface area contributed by atoms with Gasteiger partial charge in [0.15, 0.2) is 0 Å². The maximum absolute atomic E-state index is 14.0. The van der Waals surface area contributed by atoms with Crippen molar-refractivity contribution in [2.45, 2.75) is 90.9 Å². The molecule has 2 aromatic rings. The first-order valence-electron chi connectivity index (χ1n) is 16.6. The average Bonchev–Trinajstić information content (AvgIpc) is 3.40. The Morgan fingerprint density at radius 3 is 2.21 bits per heavy atom. The first-order chi connectivity index (χ1) is 22.3. The molecular weight excluding hydrogens is 599 g/mol. The lowest BCUT2D eigenvalue weighted by molar-refractivity contribution is -0.199. The fourth-order valence-corrected chi connectivity index (χ4v) is 7.51. The van der Waals surface area contributed by atoms with Crippen molar-refractivity contribution >= 4 is 30.9 Å². The van der Waals surface area contributed by atoms with Crippen LogP contribution in [-0.4, -0.2) is 61.2 Å². The Morgan fingerprint density at radius 1 is 0.936 bits per heavy atom. The zero-order valence-corrected chi connectivity index (χ0v) is 28.1. The number of nitrogens with one attached hydrogen (secondary N) is 4. The number of hydrogen-bond donors (Lipinski definition) is 4. The summed E-state index contributed by atoms with van der Waals surface area (Å²) in [6.07, 6.45) is 2.21. The van der Waals surface area contributed by atoms with Crippen LogP contribution < -0.4 is 21.4 Å². The molecule has 1 heterocycles. The molecule has 11 nitrogen and oxygen atoms in total. The van der Waals surface area contributed by atoms with Crippen molar-refractivity contribution < 1.29 is 33.3 Å². The van der Waals surface area contributed by atoms with Crippen LogP contribution in [0.3, 0.4) is 0 Å². The van der Waals surface area contributed by atoms with Gasteiger partial charge in [-0.05, 0) is 86.1 Å². The van der Waals surface area contributed by atoms with Crippen molar-refractivity contribution in [2.75, 3.05) is 6.54 Å². The number of rotatable bonds is 11. The summed E-state index contributed by atoms with van der Waals surface area (Å²) >= 11 is 0. The molecule has 4 fully saturated rings. The maximum Gasteiger partial charge on any atom is 0.481 e. The molecule has 252 valence electrons. The molecule has 1 saturated heterocycles. The third-order valence-electron chi connectivity index (χ3n) is 10.2. The van der Waals surface area contributed by atoms with Crippen molar-refractivity contribution in [3.05, 3.63) is 71.3 Å². The molecule has 4 amide bonds. The van der Waals surface area contributed by atoms with Gasteiger partial charge in [-0.15, -0.1) is 0 Å². The lowest BCUT2D eigenvalue weighted by Gasteiger charge is -2.64. The maximum atomic E-state index is 14.0. The molecule has 2 unspecified atom stereocenters. The highest BCUT2D eigenvalue weighted by Crippen LogP contribution is 2.65. The zero-order chi connectivity index (χ0) is 33.9. The van der Waals surface area contributed by atoms with Gasteiger partial charge in [-0.1, -0.05) is 58.0 Å². The van der Waals surface area contributed by atoms with Crippen LogP contribution in [0.4, 0.5) is 4.79 Å². The van der Waals surface area contributed by atoms with E-state index in [4.69, 9.17) is 9.31 Å². The third kappa shape index (κ3) is 7.49. The highest BCUT2D eigenvalue weighted by atomic mass is 16.7.